The number of unbranched alkanes of at least 4 members (excludes halogenated alkanes) is 2. The van der Waals surface area contributed by atoms with Crippen LogP contribution < -0.4 is 26.2 Å². The fraction of sp³-hybridized carbons (Fsp3) is 0.472. The van der Waals surface area contributed by atoms with Crippen molar-refractivity contribution in [2.45, 2.75) is 102 Å². The van der Waals surface area contributed by atoms with Crippen molar-refractivity contribution < 1.29 is 61.7 Å². The van der Waals surface area contributed by atoms with Crippen LogP contribution >= 0.6 is 7.82 Å². The number of esters is 3. The van der Waals surface area contributed by atoms with Gasteiger partial charge in [-0.05, 0) is 54.2 Å². The molecule has 21 nitrogen and oxygen atoms in total. The van der Waals surface area contributed by atoms with E-state index >= 15 is 0 Å². The van der Waals surface area contributed by atoms with E-state index in [0.29, 0.717) is 24.8 Å². The van der Waals surface area contributed by atoms with Crippen molar-refractivity contribution in [2.75, 3.05) is 12.8 Å². The highest BCUT2D eigenvalue weighted by atomic mass is 31.2. The molecule has 1 aliphatic heterocycles. The first-order valence-corrected chi connectivity index (χ1v) is 19.7. The molecule has 2 heterocycles. The van der Waals surface area contributed by atoms with Crippen LogP contribution in [-0.4, -0.2) is 74.2 Å². The van der Waals surface area contributed by atoms with Gasteiger partial charge >= 0.3 is 37.3 Å². The Morgan fingerprint density at radius 1 is 1.05 bits per heavy atom. The zero-order valence-electron chi connectivity index (χ0n) is 32.2. The zero-order chi connectivity index (χ0) is 42.5. The largest absolute Gasteiger partial charge is 0.493 e. The average Bonchev–Trinajstić information content (AvgIpc) is 3.47. The van der Waals surface area contributed by atoms with Gasteiger partial charge in [-0.2, -0.15) is 4.98 Å². The Labute approximate surface area is 332 Å². The van der Waals surface area contributed by atoms with Crippen LogP contribution in [-0.2, 0) is 49.0 Å². The van der Waals surface area contributed by atoms with Crippen molar-refractivity contribution in [2.24, 2.45) is 5.11 Å². The number of hydrogen-bond donors (Lipinski definition) is 4. The minimum atomic E-state index is -5.95. The fourth-order valence-electron chi connectivity index (χ4n) is 5.86. The number of ether oxygens (including phenoxy) is 6. The first-order valence-electron chi connectivity index (χ1n) is 18.2. The van der Waals surface area contributed by atoms with Crippen LogP contribution in [0.4, 0.5) is 5.82 Å². The van der Waals surface area contributed by atoms with Gasteiger partial charge in [-0.15, -0.1) is 0 Å². The maximum absolute atomic E-state index is 13.7. The van der Waals surface area contributed by atoms with E-state index in [2.05, 4.69) is 20.3 Å². The lowest BCUT2D eigenvalue weighted by molar-refractivity contribution is -0.301. The molecule has 1 unspecified atom stereocenters. The molecule has 0 bridgehead atoms. The number of azide groups is 1. The highest BCUT2D eigenvalue weighted by Crippen LogP contribution is 2.54. The van der Waals surface area contributed by atoms with Gasteiger partial charge in [0.1, 0.15) is 18.5 Å². The van der Waals surface area contributed by atoms with E-state index in [1.165, 1.54) is 44.4 Å². The highest BCUT2D eigenvalue weighted by Gasteiger charge is 2.74. The minimum absolute atomic E-state index is 0.0917. The van der Waals surface area contributed by atoms with Crippen molar-refractivity contribution in [3.63, 3.8) is 0 Å². The van der Waals surface area contributed by atoms with Crippen LogP contribution in [0, 0.1) is 0 Å². The van der Waals surface area contributed by atoms with Gasteiger partial charge in [0, 0.05) is 24.0 Å². The van der Waals surface area contributed by atoms with Crippen LogP contribution in [0.2, 0.25) is 0 Å². The van der Waals surface area contributed by atoms with Crippen LogP contribution in [0.25, 0.3) is 10.4 Å². The number of carbonyl (C=O) groups is 3. The molecule has 4 rings (SSSR count). The number of para-hydroxylation sites is 2. The number of nitrogens with two attached hydrogens (primary N) is 1. The summed E-state index contributed by atoms with van der Waals surface area (Å²) in [5, 5.41) is 6.34. The Bertz CT molecular complexity index is 2050. The Balaban J connectivity index is 2.07. The lowest BCUT2D eigenvalue weighted by Gasteiger charge is -2.46. The monoisotopic (exact) mass is 831 g/mol. The maximum Gasteiger partial charge on any atom is 0.474 e. The van der Waals surface area contributed by atoms with Gasteiger partial charge < -0.3 is 43.9 Å². The summed E-state index contributed by atoms with van der Waals surface area (Å²) in [5.41, 5.74) is 12.2. The number of phosphoric ester groups is 1. The number of benzene rings is 2. The normalized spacial score (nSPS) is 20.5. The summed E-state index contributed by atoms with van der Waals surface area (Å²) >= 11 is 0. The number of methoxy groups -OCH3 is 1. The molecule has 1 saturated heterocycles. The standard InChI is InChI=1S/C36H46N7O14P/c1-5-7-18-28(44)53-30-31(54-29(45)19-8-6-2)35(41-42-38,56-32(30)43-21-20-27(37)39-34(43)47)36(57-58(48,49)50,55-26-17-13-12-16-25(26)51-4)40-23(3)33(46)52-22-24-14-10-9-11-15-24/h9-17,20-21,23,30-32,40H,5-8,18-19,22H2,1-4H3,(H2,37,39,47)(H2,48,49,50)/t23-,30+,31-,32+,35+,36?/m0/s1. The Hall–Kier alpha value is -5.53. The average molecular weight is 832 g/mol. The summed E-state index contributed by atoms with van der Waals surface area (Å²) < 4.78 is 54.7. The molecule has 1 fully saturated rings. The van der Waals surface area contributed by atoms with Gasteiger partial charge in [-0.25, -0.2) is 19.2 Å². The topological polar surface area (TPSA) is 295 Å². The van der Waals surface area contributed by atoms with Gasteiger partial charge in [-0.3, -0.25) is 19.0 Å². The fourth-order valence-corrected chi connectivity index (χ4v) is 6.42. The van der Waals surface area contributed by atoms with Gasteiger partial charge in [0.05, 0.1) is 7.11 Å². The Morgan fingerprint density at radius 2 is 1.67 bits per heavy atom. The molecule has 2 aromatic carbocycles. The van der Waals surface area contributed by atoms with Crippen molar-refractivity contribution >= 4 is 31.5 Å². The Morgan fingerprint density at radius 3 is 2.26 bits per heavy atom. The Kier molecular flexibility index (Phi) is 15.8. The molecule has 0 aliphatic carbocycles. The first-order chi connectivity index (χ1) is 27.6. The van der Waals surface area contributed by atoms with Crippen molar-refractivity contribution in [1.82, 2.24) is 14.9 Å². The molecule has 0 amide bonds. The molecule has 22 heteroatoms. The third-order valence-electron chi connectivity index (χ3n) is 8.61. The summed E-state index contributed by atoms with van der Waals surface area (Å²) in [4.78, 5) is 82.0. The first kappa shape index (κ1) is 45.2. The quantitative estimate of drug-likeness (QED) is 0.0223. The summed E-state index contributed by atoms with van der Waals surface area (Å²) in [5.74, 6) is -7.14. The number of nitrogens with one attached hydrogen (secondary N) is 1. The molecule has 3 aromatic rings. The van der Waals surface area contributed by atoms with Crippen molar-refractivity contribution in [1.29, 1.82) is 0 Å². The lowest BCUT2D eigenvalue weighted by Crippen LogP contribution is -2.73. The van der Waals surface area contributed by atoms with E-state index < -0.39 is 67.5 Å². The van der Waals surface area contributed by atoms with Crippen molar-refractivity contribution in [3.8, 4) is 11.5 Å². The molecule has 314 valence electrons. The number of phosphoric acid groups is 1. The van der Waals surface area contributed by atoms with E-state index in [9.17, 15) is 39.1 Å². The second-order valence-electron chi connectivity index (χ2n) is 12.9. The number of rotatable bonds is 21. The number of anilines is 1. The molecular formula is C36H46N7O14P. The van der Waals surface area contributed by atoms with E-state index in [1.54, 1.807) is 44.2 Å². The molecule has 58 heavy (non-hydrogen) atoms. The summed E-state index contributed by atoms with van der Waals surface area (Å²) in [7, 11) is -4.72. The van der Waals surface area contributed by atoms with E-state index in [0.717, 1.165) is 10.8 Å². The summed E-state index contributed by atoms with van der Waals surface area (Å²) in [6.45, 7) is 4.52. The van der Waals surface area contributed by atoms with Crippen LogP contribution in [0.3, 0.4) is 0 Å². The second kappa shape index (κ2) is 20.2. The smallest absolute Gasteiger partial charge is 0.474 e. The molecule has 0 saturated carbocycles. The van der Waals surface area contributed by atoms with Gasteiger partial charge in [0.15, 0.2) is 29.9 Å². The van der Waals surface area contributed by atoms with E-state index in [-0.39, 0.29) is 43.2 Å². The number of nitrogens with zero attached hydrogens (tertiary/aromatic N) is 5. The molecule has 1 aliphatic rings. The minimum Gasteiger partial charge on any atom is -0.493 e. The molecule has 6 atom stereocenters. The summed E-state index contributed by atoms with van der Waals surface area (Å²) in [6, 6.07) is 13.6. The number of aromatic nitrogens is 2. The number of hydrogen-bond acceptors (Lipinski definition) is 16. The maximum atomic E-state index is 13.7. The predicted molar refractivity (Wildman–Crippen MR) is 202 cm³/mol. The predicted octanol–water partition coefficient (Wildman–Crippen LogP) is 4.14. The zero-order valence-corrected chi connectivity index (χ0v) is 33.1. The highest BCUT2D eigenvalue weighted by molar-refractivity contribution is 7.46. The van der Waals surface area contributed by atoms with Gasteiger partial charge in [-0.1, -0.05) is 69.2 Å². The lowest BCUT2D eigenvalue weighted by atomic mass is 9.98. The molecule has 0 radical (unpaired) electrons. The SMILES string of the molecule is CCCCC(=O)O[C@H]1[C@H](n2ccc(N)nc2=O)O[C@@](N=[N+]=[N-])(C(N[C@@H](C)C(=O)OCc2ccccc2)(Oc2ccccc2OC)OP(=O)(O)O)[C@H]1OC(=O)CCCC. The van der Waals surface area contributed by atoms with E-state index in [4.69, 9.17) is 38.7 Å². The number of carbonyl (C=O) groups excluding carboxylic acids is 3. The van der Waals surface area contributed by atoms with E-state index in [1.807, 2.05) is 0 Å². The second-order valence-corrected chi connectivity index (χ2v) is 14.1. The van der Waals surface area contributed by atoms with Gasteiger partial charge in [0.25, 0.3) is 5.72 Å². The molecule has 0 spiro atoms. The van der Waals surface area contributed by atoms with Crippen LogP contribution in [0.15, 0.2) is 76.8 Å². The van der Waals surface area contributed by atoms with Crippen LogP contribution in [0.5, 0.6) is 11.5 Å². The van der Waals surface area contributed by atoms with Crippen molar-refractivity contribution in [3.05, 3.63) is 93.4 Å². The third-order valence-corrected chi connectivity index (χ3v) is 9.10. The molecule has 5 N–H and O–H groups in total. The summed E-state index contributed by atoms with van der Waals surface area (Å²) in [6.07, 6.45) is -3.96. The van der Waals surface area contributed by atoms with Gasteiger partial charge in [0.2, 0.25) is 0 Å². The molecule has 1 aromatic heterocycles. The molecular weight excluding hydrogens is 785 g/mol. The number of nitrogen functional groups attached to an aromatic ring is 1. The third kappa shape index (κ3) is 11.1. The van der Waals surface area contributed by atoms with Crippen LogP contribution in [0.1, 0.15) is 71.1 Å².